The number of aryl methyl sites for hydroxylation is 1. The Hall–Kier alpha value is -2.54. The van der Waals surface area contributed by atoms with Crippen LogP contribution >= 0.6 is 11.6 Å². The van der Waals surface area contributed by atoms with Crippen molar-refractivity contribution in [2.75, 3.05) is 16.8 Å². The molecule has 0 aliphatic carbocycles. The van der Waals surface area contributed by atoms with Crippen LogP contribution < -0.4 is 10.2 Å². The highest BCUT2D eigenvalue weighted by atomic mass is 35.5. The first-order valence-corrected chi connectivity index (χ1v) is 8.58. The van der Waals surface area contributed by atoms with Crippen molar-refractivity contribution in [1.82, 2.24) is 0 Å². The monoisotopic (exact) mass is 396 g/mol. The summed E-state index contributed by atoms with van der Waals surface area (Å²) in [5.74, 6) is -1.70. The summed E-state index contributed by atoms with van der Waals surface area (Å²) in [5, 5.41) is 3.15. The Balaban J connectivity index is 1.80. The number of para-hydroxylation sites is 1. The van der Waals surface area contributed by atoms with Crippen LogP contribution in [0.3, 0.4) is 0 Å². The van der Waals surface area contributed by atoms with Crippen LogP contribution in [0.2, 0.25) is 5.02 Å². The molecule has 2 aromatic rings. The molecule has 1 aliphatic heterocycles. The summed E-state index contributed by atoms with van der Waals surface area (Å²) in [5.41, 5.74) is 0.166. The number of hydrogen-bond donors (Lipinski definition) is 1. The van der Waals surface area contributed by atoms with E-state index in [4.69, 9.17) is 11.6 Å². The molecule has 1 heterocycles. The number of alkyl halides is 3. The van der Waals surface area contributed by atoms with Crippen molar-refractivity contribution >= 4 is 34.8 Å². The minimum atomic E-state index is -4.59. The van der Waals surface area contributed by atoms with Crippen molar-refractivity contribution < 1.29 is 22.8 Å². The highest BCUT2D eigenvalue weighted by Gasteiger charge is 2.40. The number of nitrogens with one attached hydrogen (secondary N) is 1. The van der Waals surface area contributed by atoms with Gasteiger partial charge in [0.25, 0.3) is 0 Å². The highest BCUT2D eigenvalue weighted by molar-refractivity contribution is 6.31. The van der Waals surface area contributed by atoms with Gasteiger partial charge < -0.3 is 10.2 Å². The molecule has 1 aliphatic rings. The van der Waals surface area contributed by atoms with Gasteiger partial charge in [0.15, 0.2) is 0 Å². The van der Waals surface area contributed by atoms with E-state index >= 15 is 0 Å². The van der Waals surface area contributed by atoms with Gasteiger partial charge in [0.05, 0.1) is 17.2 Å². The van der Waals surface area contributed by atoms with Gasteiger partial charge in [-0.1, -0.05) is 29.8 Å². The number of amides is 2. The van der Waals surface area contributed by atoms with E-state index in [1.807, 2.05) is 0 Å². The summed E-state index contributed by atoms with van der Waals surface area (Å²) in [7, 11) is 0. The lowest BCUT2D eigenvalue weighted by atomic mass is 10.1. The van der Waals surface area contributed by atoms with Crippen LogP contribution in [0.25, 0.3) is 0 Å². The first-order valence-electron chi connectivity index (χ1n) is 8.20. The molecular weight excluding hydrogens is 381 g/mol. The number of benzene rings is 2. The van der Waals surface area contributed by atoms with Crippen molar-refractivity contribution in [3.63, 3.8) is 0 Å². The Bertz CT molecular complexity index is 899. The molecule has 1 fully saturated rings. The number of rotatable bonds is 3. The van der Waals surface area contributed by atoms with Gasteiger partial charge >= 0.3 is 6.18 Å². The van der Waals surface area contributed by atoms with Crippen LogP contribution in [0.1, 0.15) is 17.5 Å². The zero-order valence-corrected chi connectivity index (χ0v) is 15.1. The Morgan fingerprint density at radius 3 is 2.63 bits per heavy atom. The van der Waals surface area contributed by atoms with Gasteiger partial charge in [-0.05, 0) is 36.8 Å². The Kier molecular flexibility index (Phi) is 5.15. The first-order chi connectivity index (χ1) is 12.7. The molecular formula is C19H16ClF3N2O2. The van der Waals surface area contributed by atoms with Crippen molar-refractivity contribution in [3.05, 3.63) is 58.6 Å². The summed E-state index contributed by atoms with van der Waals surface area (Å²) in [6.07, 6.45) is -4.74. The third-order valence-electron chi connectivity index (χ3n) is 4.45. The van der Waals surface area contributed by atoms with Crippen LogP contribution in [0.4, 0.5) is 24.5 Å². The van der Waals surface area contributed by atoms with E-state index in [2.05, 4.69) is 5.32 Å². The zero-order chi connectivity index (χ0) is 19.8. The summed E-state index contributed by atoms with van der Waals surface area (Å²) in [6, 6.07) is 9.86. The van der Waals surface area contributed by atoms with Gasteiger partial charge in [0, 0.05) is 23.7 Å². The molecule has 0 bridgehead atoms. The molecule has 1 atom stereocenters. The van der Waals surface area contributed by atoms with E-state index in [0.29, 0.717) is 10.7 Å². The molecule has 0 saturated carbocycles. The second kappa shape index (κ2) is 7.23. The van der Waals surface area contributed by atoms with Gasteiger partial charge in [0.1, 0.15) is 0 Å². The summed E-state index contributed by atoms with van der Waals surface area (Å²) in [6.45, 7) is 1.68. The van der Waals surface area contributed by atoms with E-state index in [-0.39, 0.29) is 18.7 Å². The number of halogens is 4. The van der Waals surface area contributed by atoms with E-state index in [9.17, 15) is 22.8 Å². The molecule has 4 nitrogen and oxygen atoms in total. The van der Waals surface area contributed by atoms with E-state index in [0.717, 1.165) is 16.5 Å². The van der Waals surface area contributed by atoms with Crippen LogP contribution in [-0.2, 0) is 15.8 Å². The van der Waals surface area contributed by atoms with Crippen molar-refractivity contribution in [1.29, 1.82) is 0 Å². The van der Waals surface area contributed by atoms with Crippen LogP contribution in [0, 0.1) is 12.8 Å². The normalized spacial score (nSPS) is 17.3. The SMILES string of the molecule is Cc1ccc(Cl)cc1NC(=O)C1CC(=O)N(c2ccccc2C(F)(F)F)C1. The summed E-state index contributed by atoms with van der Waals surface area (Å²) >= 11 is 5.93. The van der Waals surface area contributed by atoms with E-state index in [1.165, 1.54) is 18.2 Å². The second-order valence-electron chi connectivity index (χ2n) is 6.37. The molecule has 142 valence electrons. The number of carbonyl (C=O) groups is 2. The van der Waals surface area contributed by atoms with Gasteiger partial charge in [0.2, 0.25) is 11.8 Å². The largest absolute Gasteiger partial charge is 0.418 e. The van der Waals surface area contributed by atoms with Gasteiger partial charge in [-0.15, -0.1) is 0 Å². The molecule has 1 unspecified atom stereocenters. The standard InChI is InChI=1S/C19H16ClF3N2O2/c1-11-6-7-13(20)9-15(11)24-18(27)12-8-17(26)25(10-12)16-5-3-2-4-14(16)19(21,22)23/h2-7,9,12H,8,10H2,1H3,(H,24,27). The predicted molar refractivity (Wildman–Crippen MR) is 96.7 cm³/mol. The molecule has 0 aromatic heterocycles. The van der Waals surface area contributed by atoms with Crippen LogP contribution in [0.5, 0.6) is 0 Å². The fraction of sp³-hybridized carbons (Fsp3) is 0.263. The third-order valence-corrected chi connectivity index (χ3v) is 4.69. The Morgan fingerprint density at radius 1 is 1.22 bits per heavy atom. The van der Waals surface area contributed by atoms with Crippen LogP contribution in [-0.4, -0.2) is 18.4 Å². The molecule has 2 amide bonds. The lowest BCUT2D eigenvalue weighted by Gasteiger charge is -2.21. The number of anilines is 2. The minimum absolute atomic E-state index is 0.114. The van der Waals surface area contributed by atoms with Gasteiger partial charge in [-0.2, -0.15) is 13.2 Å². The fourth-order valence-electron chi connectivity index (χ4n) is 3.03. The third kappa shape index (κ3) is 4.08. The van der Waals surface area contributed by atoms with E-state index < -0.39 is 29.5 Å². The van der Waals surface area contributed by atoms with Gasteiger partial charge in [-0.3, -0.25) is 9.59 Å². The van der Waals surface area contributed by atoms with Gasteiger partial charge in [-0.25, -0.2) is 0 Å². The molecule has 1 N–H and O–H groups in total. The molecule has 0 spiro atoms. The second-order valence-corrected chi connectivity index (χ2v) is 6.81. The minimum Gasteiger partial charge on any atom is -0.325 e. The quantitative estimate of drug-likeness (QED) is 0.820. The number of hydrogen-bond acceptors (Lipinski definition) is 2. The maximum Gasteiger partial charge on any atom is 0.418 e. The van der Waals surface area contributed by atoms with Crippen molar-refractivity contribution in [2.24, 2.45) is 5.92 Å². The molecule has 1 saturated heterocycles. The summed E-state index contributed by atoms with van der Waals surface area (Å²) in [4.78, 5) is 25.9. The highest BCUT2D eigenvalue weighted by Crippen LogP contribution is 2.38. The average molecular weight is 397 g/mol. The number of nitrogens with zero attached hydrogens (tertiary/aromatic N) is 1. The Labute approximate surface area is 158 Å². The molecule has 0 radical (unpaired) electrons. The smallest absolute Gasteiger partial charge is 0.325 e. The first kappa shape index (κ1) is 19.2. The topological polar surface area (TPSA) is 49.4 Å². The Morgan fingerprint density at radius 2 is 1.93 bits per heavy atom. The lowest BCUT2D eigenvalue weighted by Crippen LogP contribution is -2.29. The fourth-order valence-corrected chi connectivity index (χ4v) is 3.20. The van der Waals surface area contributed by atoms with Crippen molar-refractivity contribution in [2.45, 2.75) is 19.5 Å². The molecule has 27 heavy (non-hydrogen) atoms. The predicted octanol–water partition coefficient (Wildman–Crippen LogP) is 4.66. The maximum atomic E-state index is 13.2. The average Bonchev–Trinajstić information content (AvgIpc) is 2.99. The summed E-state index contributed by atoms with van der Waals surface area (Å²) < 4.78 is 39.7. The lowest BCUT2D eigenvalue weighted by molar-refractivity contribution is -0.137. The number of carbonyl (C=O) groups excluding carboxylic acids is 2. The molecule has 8 heteroatoms. The molecule has 3 rings (SSSR count). The zero-order valence-electron chi connectivity index (χ0n) is 14.3. The maximum absolute atomic E-state index is 13.2. The van der Waals surface area contributed by atoms with E-state index in [1.54, 1.807) is 25.1 Å². The van der Waals surface area contributed by atoms with Crippen LogP contribution in [0.15, 0.2) is 42.5 Å². The molecule has 2 aromatic carbocycles. The van der Waals surface area contributed by atoms with Crippen molar-refractivity contribution in [3.8, 4) is 0 Å².